The molecule has 1 aliphatic heterocycles. The number of benzene rings is 1. The first-order chi connectivity index (χ1) is 8.91. The Kier molecular flexibility index (Phi) is 3.91. The number of rotatable bonds is 4. The molecule has 2 rings (SSSR count). The number of nitrogens with zero attached hydrogens (tertiary/aromatic N) is 1. The molecule has 1 unspecified atom stereocenters. The highest BCUT2D eigenvalue weighted by Crippen LogP contribution is 2.22. The fourth-order valence-corrected chi connectivity index (χ4v) is 2.74. The Bertz CT molecular complexity index is 565. The first kappa shape index (κ1) is 14.0. The van der Waals surface area contributed by atoms with E-state index in [1.807, 2.05) is 4.90 Å². The van der Waals surface area contributed by atoms with Crippen LogP contribution in [0.4, 0.5) is 0 Å². The maximum atomic E-state index is 11.4. The normalized spacial score (nSPS) is 19.8. The lowest BCUT2D eigenvalue weighted by molar-refractivity contribution is -0.152. The summed E-state index contributed by atoms with van der Waals surface area (Å²) in [6.45, 7) is 1.48. The van der Waals surface area contributed by atoms with Gasteiger partial charge in [0.2, 0.25) is 0 Å². The molecule has 0 amide bonds. The van der Waals surface area contributed by atoms with Crippen LogP contribution in [0.15, 0.2) is 29.2 Å². The summed E-state index contributed by atoms with van der Waals surface area (Å²) in [6, 6.07) is 6.58. The van der Waals surface area contributed by atoms with Gasteiger partial charge in [-0.15, -0.1) is 0 Å². The number of hydrogen-bond acceptors (Lipinski definition) is 5. The minimum atomic E-state index is -3.16. The largest absolute Gasteiger partial charge is 0.468 e. The van der Waals surface area contributed by atoms with Gasteiger partial charge in [-0.05, 0) is 24.1 Å². The summed E-state index contributed by atoms with van der Waals surface area (Å²) in [5.74, 6) is -0.209. The average Bonchev–Trinajstić information content (AvgIpc) is 2.34. The molecular formula is C13H17NO4S. The van der Waals surface area contributed by atoms with Gasteiger partial charge < -0.3 is 4.74 Å². The van der Waals surface area contributed by atoms with E-state index in [1.54, 1.807) is 24.3 Å². The van der Waals surface area contributed by atoms with E-state index in [4.69, 9.17) is 4.74 Å². The number of esters is 1. The fourth-order valence-electron chi connectivity index (χ4n) is 2.11. The Morgan fingerprint density at radius 1 is 1.37 bits per heavy atom. The van der Waals surface area contributed by atoms with Crippen molar-refractivity contribution in [3.63, 3.8) is 0 Å². The molecule has 0 aromatic heterocycles. The molecule has 1 aliphatic rings. The molecule has 0 bridgehead atoms. The van der Waals surface area contributed by atoms with E-state index in [9.17, 15) is 13.2 Å². The molecule has 1 saturated heterocycles. The van der Waals surface area contributed by atoms with E-state index < -0.39 is 9.84 Å². The van der Waals surface area contributed by atoms with Crippen molar-refractivity contribution in [1.29, 1.82) is 0 Å². The van der Waals surface area contributed by atoms with Crippen LogP contribution in [0, 0.1) is 0 Å². The highest BCUT2D eigenvalue weighted by atomic mass is 32.2. The quantitative estimate of drug-likeness (QED) is 0.766. The van der Waals surface area contributed by atoms with E-state index in [0.29, 0.717) is 11.4 Å². The molecule has 0 aliphatic carbocycles. The molecule has 104 valence electrons. The van der Waals surface area contributed by atoms with Crippen LogP contribution < -0.4 is 0 Å². The van der Waals surface area contributed by atoms with Crippen LogP contribution in [0.3, 0.4) is 0 Å². The van der Waals surface area contributed by atoms with Crippen molar-refractivity contribution in [2.24, 2.45) is 0 Å². The highest BCUT2D eigenvalue weighted by Gasteiger charge is 2.34. The van der Waals surface area contributed by atoms with Gasteiger partial charge in [-0.25, -0.2) is 8.42 Å². The van der Waals surface area contributed by atoms with Gasteiger partial charge in [-0.1, -0.05) is 12.1 Å². The minimum Gasteiger partial charge on any atom is -0.468 e. The fraction of sp³-hybridized carbons (Fsp3) is 0.462. The Balaban J connectivity index is 2.03. The minimum absolute atomic E-state index is 0.167. The number of carbonyl (C=O) groups excluding carboxylic acids is 1. The maximum Gasteiger partial charge on any atom is 0.323 e. The van der Waals surface area contributed by atoms with Gasteiger partial charge in [-0.3, -0.25) is 9.69 Å². The summed E-state index contributed by atoms with van der Waals surface area (Å²) in [6.07, 6.45) is 2.00. The third-order valence-electron chi connectivity index (χ3n) is 3.34. The van der Waals surface area contributed by atoms with E-state index in [2.05, 4.69) is 0 Å². The van der Waals surface area contributed by atoms with Crippen molar-refractivity contribution in [3.8, 4) is 0 Å². The number of hydrogen-bond donors (Lipinski definition) is 0. The lowest BCUT2D eigenvalue weighted by atomic mass is 10.0. The van der Waals surface area contributed by atoms with Gasteiger partial charge in [0.15, 0.2) is 9.84 Å². The topological polar surface area (TPSA) is 63.7 Å². The highest BCUT2D eigenvalue weighted by molar-refractivity contribution is 7.90. The monoisotopic (exact) mass is 283 g/mol. The second-order valence-electron chi connectivity index (χ2n) is 4.71. The molecular weight excluding hydrogens is 266 g/mol. The predicted molar refractivity (Wildman–Crippen MR) is 70.4 cm³/mol. The molecule has 1 fully saturated rings. The zero-order valence-corrected chi connectivity index (χ0v) is 11.8. The van der Waals surface area contributed by atoms with Gasteiger partial charge in [0.25, 0.3) is 0 Å². The smallest absolute Gasteiger partial charge is 0.323 e. The van der Waals surface area contributed by atoms with Crippen molar-refractivity contribution >= 4 is 15.8 Å². The molecule has 19 heavy (non-hydrogen) atoms. The summed E-state index contributed by atoms with van der Waals surface area (Å²) in [5, 5.41) is 0. The van der Waals surface area contributed by atoms with Gasteiger partial charge in [0.05, 0.1) is 12.0 Å². The number of likely N-dealkylation sites (tertiary alicyclic amines) is 1. The molecule has 0 spiro atoms. The number of sulfone groups is 1. The number of methoxy groups -OCH3 is 1. The standard InChI is InChI=1S/C13H17NO4S/c1-18-13(15)12-7-8-14(12)9-10-3-5-11(6-4-10)19(2,16)17/h3-6,12H,7-9H2,1-2H3. The van der Waals surface area contributed by atoms with Gasteiger partial charge >= 0.3 is 5.97 Å². The number of carbonyl (C=O) groups is 1. The maximum absolute atomic E-state index is 11.4. The lowest BCUT2D eigenvalue weighted by Crippen LogP contribution is -2.52. The Morgan fingerprint density at radius 3 is 2.42 bits per heavy atom. The van der Waals surface area contributed by atoms with Crippen molar-refractivity contribution in [3.05, 3.63) is 29.8 Å². The Labute approximate surface area is 113 Å². The van der Waals surface area contributed by atoms with Gasteiger partial charge in [0, 0.05) is 19.3 Å². The van der Waals surface area contributed by atoms with Crippen molar-refractivity contribution < 1.29 is 17.9 Å². The summed E-state index contributed by atoms with van der Waals surface area (Å²) in [5.41, 5.74) is 0.987. The molecule has 1 heterocycles. The van der Waals surface area contributed by atoms with E-state index in [0.717, 1.165) is 18.5 Å². The molecule has 0 radical (unpaired) electrons. The number of ether oxygens (including phenoxy) is 1. The summed E-state index contributed by atoms with van der Waals surface area (Å²) in [4.78, 5) is 13.8. The molecule has 5 nitrogen and oxygen atoms in total. The third-order valence-corrected chi connectivity index (χ3v) is 4.47. The summed E-state index contributed by atoms with van der Waals surface area (Å²) < 4.78 is 27.4. The zero-order valence-electron chi connectivity index (χ0n) is 11.0. The van der Waals surface area contributed by atoms with Gasteiger partial charge in [0.1, 0.15) is 6.04 Å². The lowest BCUT2D eigenvalue weighted by Gasteiger charge is -2.38. The first-order valence-electron chi connectivity index (χ1n) is 6.02. The molecule has 0 N–H and O–H groups in total. The zero-order chi connectivity index (χ0) is 14.0. The predicted octanol–water partition coefficient (Wildman–Crippen LogP) is 0.837. The van der Waals surface area contributed by atoms with E-state index in [1.165, 1.54) is 13.4 Å². The van der Waals surface area contributed by atoms with Crippen LogP contribution in [0.1, 0.15) is 12.0 Å². The second kappa shape index (κ2) is 5.30. The van der Waals surface area contributed by atoms with Crippen LogP contribution in [0.25, 0.3) is 0 Å². The Morgan fingerprint density at radius 2 is 2.00 bits per heavy atom. The summed E-state index contributed by atoms with van der Waals surface area (Å²) in [7, 11) is -1.77. The molecule has 1 aromatic rings. The van der Waals surface area contributed by atoms with Crippen LogP contribution in [0.5, 0.6) is 0 Å². The van der Waals surface area contributed by atoms with E-state index >= 15 is 0 Å². The SMILES string of the molecule is COC(=O)C1CCN1Cc1ccc(S(C)(=O)=O)cc1. The van der Waals surface area contributed by atoms with Crippen LogP contribution in [0.2, 0.25) is 0 Å². The summed E-state index contributed by atoms with van der Waals surface area (Å²) >= 11 is 0. The van der Waals surface area contributed by atoms with Crippen molar-refractivity contribution in [2.75, 3.05) is 19.9 Å². The van der Waals surface area contributed by atoms with Gasteiger partial charge in [-0.2, -0.15) is 0 Å². The van der Waals surface area contributed by atoms with Crippen LogP contribution in [-0.2, 0) is 25.9 Å². The molecule has 1 aromatic carbocycles. The van der Waals surface area contributed by atoms with E-state index in [-0.39, 0.29) is 12.0 Å². The third kappa shape index (κ3) is 3.13. The van der Waals surface area contributed by atoms with Crippen LogP contribution in [-0.4, -0.2) is 45.2 Å². The second-order valence-corrected chi connectivity index (χ2v) is 6.73. The van der Waals surface area contributed by atoms with Crippen LogP contribution >= 0.6 is 0 Å². The van der Waals surface area contributed by atoms with Crippen molar-refractivity contribution in [2.45, 2.75) is 23.9 Å². The molecule has 6 heteroatoms. The molecule has 1 atom stereocenters. The van der Waals surface area contributed by atoms with Crippen molar-refractivity contribution in [1.82, 2.24) is 4.90 Å². The molecule has 0 saturated carbocycles. The Hall–Kier alpha value is -1.40. The first-order valence-corrected chi connectivity index (χ1v) is 7.92. The average molecular weight is 283 g/mol.